The second-order valence-electron chi connectivity index (χ2n) is 5.42. The third kappa shape index (κ3) is 3.57. The molecule has 0 saturated carbocycles. The normalized spacial score (nSPS) is 16.3. The van der Waals surface area contributed by atoms with E-state index in [-0.39, 0.29) is 34.7 Å². The highest BCUT2D eigenvalue weighted by Crippen LogP contribution is 2.36. The zero-order valence-corrected chi connectivity index (χ0v) is 14.2. The summed E-state index contributed by atoms with van der Waals surface area (Å²) in [5.41, 5.74) is -0.114. The first-order valence-corrected chi connectivity index (χ1v) is 8.89. The number of nitro benzene ring substituents is 1. The molecule has 1 aliphatic heterocycles. The molecular weight excluding hydrogens is 348 g/mol. The summed E-state index contributed by atoms with van der Waals surface area (Å²) in [6.45, 7) is 0.493. The maximum atomic E-state index is 13.1. The van der Waals surface area contributed by atoms with Crippen LogP contribution in [0.5, 0.6) is 5.75 Å². The zero-order chi connectivity index (χ0) is 18.0. The van der Waals surface area contributed by atoms with E-state index >= 15 is 0 Å². The van der Waals surface area contributed by atoms with Gasteiger partial charge in [0, 0.05) is 12.1 Å². The molecule has 1 heterocycles. The standard InChI is InChI=1S/C16H16N2O6S/c1-23-16-8-7-12(18(19)20)9-15(16)17(10-13-11-24-13)25(21,22)14-5-3-2-4-6-14/h2-9,13H,10-11H2,1H3/t13-/m1/s1. The first kappa shape index (κ1) is 17.2. The van der Waals surface area contributed by atoms with Gasteiger partial charge in [-0.05, 0) is 18.2 Å². The number of non-ortho nitro benzene ring substituents is 1. The lowest BCUT2D eigenvalue weighted by Crippen LogP contribution is -2.34. The number of ether oxygens (including phenoxy) is 2. The third-order valence-electron chi connectivity index (χ3n) is 3.74. The van der Waals surface area contributed by atoms with E-state index in [0.717, 1.165) is 4.31 Å². The minimum absolute atomic E-state index is 0.0504. The molecule has 0 aliphatic carbocycles. The van der Waals surface area contributed by atoms with Crippen LogP contribution in [0.2, 0.25) is 0 Å². The average Bonchev–Trinajstić information content (AvgIpc) is 3.44. The molecule has 0 unspecified atom stereocenters. The second-order valence-corrected chi connectivity index (χ2v) is 7.28. The van der Waals surface area contributed by atoms with E-state index in [1.165, 1.54) is 37.4 Å². The van der Waals surface area contributed by atoms with Gasteiger partial charge < -0.3 is 9.47 Å². The first-order valence-electron chi connectivity index (χ1n) is 7.45. The van der Waals surface area contributed by atoms with Gasteiger partial charge in [-0.1, -0.05) is 18.2 Å². The van der Waals surface area contributed by atoms with Crippen molar-refractivity contribution in [2.75, 3.05) is 24.6 Å². The molecule has 2 aromatic carbocycles. The molecule has 1 atom stereocenters. The number of epoxide rings is 1. The van der Waals surface area contributed by atoms with Crippen molar-refractivity contribution in [3.63, 3.8) is 0 Å². The van der Waals surface area contributed by atoms with E-state index < -0.39 is 14.9 Å². The van der Waals surface area contributed by atoms with Gasteiger partial charge in [-0.3, -0.25) is 14.4 Å². The maximum absolute atomic E-state index is 13.1. The SMILES string of the molecule is COc1ccc([N+](=O)[O-])cc1N(C[C@@H]1CO1)S(=O)(=O)c1ccccc1. The summed E-state index contributed by atoms with van der Waals surface area (Å²) in [6.07, 6.45) is -0.248. The lowest BCUT2D eigenvalue weighted by Gasteiger charge is -2.25. The molecule has 3 rings (SSSR count). The molecule has 0 bridgehead atoms. The van der Waals surface area contributed by atoms with Crippen LogP contribution in [-0.4, -0.2) is 39.7 Å². The fourth-order valence-electron chi connectivity index (χ4n) is 2.39. The number of benzene rings is 2. The van der Waals surface area contributed by atoms with Crippen molar-refractivity contribution in [3.05, 3.63) is 58.6 Å². The van der Waals surface area contributed by atoms with Crippen LogP contribution in [0.4, 0.5) is 11.4 Å². The van der Waals surface area contributed by atoms with Crippen LogP contribution in [0.1, 0.15) is 0 Å². The molecule has 0 spiro atoms. The average molecular weight is 364 g/mol. The minimum Gasteiger partial charge on any atom is -0.495 e. The summed E-state index contributed by atoms with van der Waals surface area (Å²) in [4.78, 5) is 10.6. The van der Waals surface area contributed by atoms with Crippen LogP contribution in [0.25, 0.3) is 0 Å². The van der Waals surface area contributed by atoms with E-state index in [1.807, 2.05) is 0 Å². The quantitative estimate of drug-likeness (QED) is 0.424. The van der Waals surface area contributed by atoms with Gasteiger partial charge >= 0.3 is 0 Å². The Labute approximate surface area is 144 Å². The van der Waals surface area contributed by atoms with Crippen LogP contribution >= 0.6 is 0 Å². The Kier molecular flexibility index (Phi) is 4.60. The number of methoxy groups -OCH3 is 1. The van der Waals surface area contributed by atoms with Crippen molar-refractivity contribution < 1.29 is 22.8 Å². The third-order valence-corrected chi connectivity index (χ3v) is 5.54. The van der Waals surface area contributed by atoms with Gasteiger partial charge in [-0.2, -0.15) is 0 Å². The summed E-state index contributed by atoms with van der Waals surface area (Å²) in [5, 5.41) is 11.1. The van der Waals surface area contributed by atoms with E-state index in [0.29, 0.717) is 6.61 Å². The Balaban J connectivity index is 2.13. The molecule has 1 aliphatic rings. The van der Waals surface area contributed by atoms with Crippen LogP contribution in [-0.2, 0) is 14.8 Å². The summed E-state index contributed by atoms with van der Waals surface area (Å²) in [7, 11) is -2.55. The van der Waals surface area contributed by atoms with E-state index in [4.69, 9.17) is 9.47 Å². The van der Waals surface area contributed by atoms with Gasteiger partial charge in [0.15, 0.2) is 0 Å². The van der Waals surface area contributed by atoms with Gasteiger partial charge in [-0.15, -0.1) is 0 Å². The number of nitro groups is 1. The van der Waals surface area contributed by atoms with Crippen LogP contribution in [0.3, 0.4) is 0 Å². The Hall–Kier alpha value is -2.65. The molecule has 9 heteroatoms. The predicted octanol–water partition coefficient (Wildman–Crippen LogP) is 2.20. The largest absolute Gasteiger partial charge is 0.495 e. The highest BCUT2D eigenvalue weighted by molar-refractivity contribution is 7.92. The van der Waals surface area contributed by atoms with Gasteiger partial charge in [0.2, 0.25) is 0 Å². The topological polar surface area (TPSA) is 102 Å². The molecule has 132 valence electrons. The van der Waals surface area contributed by atoms with Gasteiger partial charge in [0.05, 0.1) is 36.2 Å². The molecule has 25 heavy (non-hydrogen) atoms. The Morgan fingerprint density at radius 2 is 1.96 bits per heavy atom. The maximum Gasteiger partial charge on any atom is 0.271 e. The van der Waals surface area contributed by atoms with Gasteiger partial charge in [0.25, 0.3) is 15.7 Å². The summed E-state index contributed by atoms with van der Waals surface area (Å²) in [6, 6.07) is 11.7. The lowest BCUT2D eigenvalue weighted by molar-refractivity contribution is -0.384. The van der Waals surface area contributed by atoms with Crippen molar-refractivity contribution >= 4 is 21.4 Å². The van der Waals surface area contributed by atoms with Gasteiger partial charge in [0.1, 0.15) is 11.4 Å². The molecule has 1 fully saturated rings. The van der Waals surface area contributed by atoms with Crippen molar-refractivity contribution in [1.29, 1.82) is 0 Å². The highest BCUT2D eigenvalue weighted by Gasteiger charge is 2.35. The highest BCUT2D eigenvalue weighted by atomic mass is 32.2. The van der Waals surface area contributed by atoms with Crippen LogP contribution in [0.15, 0.2) is 53.4 Å². The summed E-state index contributed by atoms with van der Waals surface area (Å²) >= 11 is 0. The second kappa shape index (κ2) is 6.69. The molecule has 8 nitrogen and oxygen atoms in total. The number of anilines is 1. The van der Waals surface area contributed by atoms with Crippen LogP contribution < -0.4 is 9.04 Å². The molecule has 2 aromatic rings. The fourth-order valence-corrected chi connectivity index (χ4v) is 3.91. The first-order chi connectivity index (χ1) is 11.9. The van der Waals surface area contributed by atoms with Gasteiger partial charge in [-0.25, -0.2) is 8.42 Å². The molecule has 0 amide bonds. The fraction of sp³-hybridized carbons (Fsp3) is 0.250. The molecule has 1 saturated heterocycles. The lowest BCUT2D eigenvalue weighted by atomic mass is 10.2. The van der Waals surface area contributed by atoms with Crippen molar-refractivity contribution in [3.8, 4) is 5.75 Å². The Bertz CT molecular complexity index is 881. The summed E-state index contributed by atoms with van der Waals surface area (Å²) in [5.74, 6) is 0.228. The Morgan fingerprint density at radius 1 is 1.28 bits per heavy atom. The molecule has 0 aromatic heterocycles. The number of hydrogen-bond donors (Lipinski definition) is 0. The number of nitrogens with zero attached hydrogens (tertiary/aromatic N) is 2. The molecule has 0 N–H and O–H groups in total. The van der Waals surface area contributed by atoms with E-state index in [2.05, 4.69) is 0 Å². The predicted molar refractivity (Wildman–Crippen MR) is 90.4 cm³/mol. The van der Waals surface area contributed by atoms with Crippen molar-refractivity contribution in [2.24, 2.45) is 0 Å². The van der Waals surface area contributed by atoms with E-state index in [1.54, 1.807) is 18.2 Å². The Morgan fingerprint density at radius 3 is 2.52 bits per heavy atom. The zero-order valence-electron chi connectivity index (χ0n) is 13.4. The molecule has 0 radical (unpaired) electrons. The smallest absolute Gasteiger partial charge is 0.271 e. The number of sulfonamides is 1. The summed E-state index contributed by atoms with van der Waals surface area (Å²) < 4.78 is 37.7. The van der Waals surface area contributed by atoms with Crippen molar-refractivity contribution in [2.45, 2.75) is 11.0 Å². The number of rotatable bonds is 7. The van der Waals surface area contributed by atoms with Crippen LogP contribution in [0, 0.1) is 10.1 Å². The van der Waals surface area contributed by atoms with Crippen molar-refractivity contribution in [1.82, 2.24) is 0 Å². The number of hydrogen-bond acceptors (Lipinski definition) is 6. The monoisotopic (exact) mass is 364 g/mol. The van der Waals surface area contributed by atoms with E-state index in [9.17, 15) is 18.5 Å². The minimum atomic E-state index is -3.93. The molecular formula is C16H16N2O6S.